The lowest BCUT2D eigenvalue weighted by atomic mass is 10.1. The number of carbonyl (C=O) groups excluding carboxylic acids is 1. The number of hydrogen-bond donors (Lipinski definition) is 1. The van der Waals surface area contributed by atoms with Gasteiger partial charge in [0.15, 0.2) is 0 Å². The third kappa shape index (κ3) is 5.02. The van der Waals surface area contributed by atoms with E-state index in [1.807, 2.05) is 13.8 Å². The van der Waals surface area contributed by atoms with Crippen LogP contribution >= 0.6 is 0 Å². The maximum atomic E-state index is 11.0. The summed E-state index contributed by atoms with van der Waals surface area (Å²) in [5.74, 6) is 0.177. The molecule has 0 saturated heterocycles. The molecule has 0 aromatic heterocycles. The van der Waals surface area contributed by atoms with Crippen molar-refractivity contribution in [1.82, 2.24) is 0 Å². The van der Waals surface area contributed by atoms with Crippen LogP contribution in [0.15, 0.2) is 4.99 Å². The Morgan fingerprint density at radius 2 is 2.00 bits per heavy atom. The lowest BCUT2D eigenvalue weighted by molar-refractivity contribution is -0.117. The Balaban J connectivity index is 4.08. The number of rotatable bonds is 5. The largest absolute Gasteiger partial charge is 0.372 e. The predicted molar refractivity (Wildman–Crippen MR) is 49.3 cm³/mol. The molecular formula is C9H17NO2. The van der Waals surface area contributed by atoms with Gasteiger partial charge < -0.3 is 5.11 Å². The van der Waals surface area contributed by atoms with E-state index in [-0.39, 0.29) is 5.78 Å². The van der Waals surface area contributed by atoms with E-state index in [1.54, 1.807) is 6.92 Å². The van der Waals surface area contributed by atoms with Gasteiger partial charge in [0.2, 0.25) is 0 Å². The first kappa shape index (κ1) is 11.3. The van der Waals surface area contributed by atoms with Gasteiger partial charge >= 0.3 is 0 Å². The molecule has 1 atom stereocenters. The number of ketones is 1. The highest BCUT2D eigenvalue weighted by Crippen LogP contribution is 1.99. The van der Waals surface area contributed by atoms with Crippen molar-refractivity contribution in [1.29, 1.82) is 0 Å². The number of carbonyl (C=O) groups is 1. The summed E-state index contributed by atoms with van der Waals surface area (Å²) in [5.41, 5.74) is 0.789. The molecule has 0 bridgehead atoms. The molecule has 0 fully saturated rings. The lowest BCUT2D eigenvalue weighted by Crippen LogP contribution is -2.09. The van der Waals surface area contributed by atoms with Crippen molar-refractivity contribution in [2.24, 2.45) is 4.99 Å². The standard InChI is InChI=1S/C9H17NO2/c1-4-8(10-7(3)11)6-9(12)5-2/h7,11H,4-6H2,1-3H3/b10-8-. The van der Waals surface area contributed by atoms with Crippen LogP contribution in [-0.4, -0.2) is 22.8 Å². The molecule has 3 heteroatoms. The molecule has 1 N–H and O–H groups in total. The Hall–Kier alpha value is -0.700. The van der Waals surface area contributed by atoms with Gasteiger partial charge in [0, 0.05) is 18.6 Å². The van der Waals surface area contributed by atoms with Gasteiger partial charge in [0.1, 0.15) is 12.0 Å². The van der Waals surface area contributed by atoms with Gasteiger partial charge in [-0.25, -0.2) is 0 Å². The number of aliphatic hydroxyl groups is 1. The Morgan fingerprint density at radius 1 is 1.42 bits per heavy atom. The summed E-state index contributed by atoms with van der Waals surface area (Å²) >= 11 is 0. The molecule has 12 heavy (non-hydrogen) atoms. The average Bonchev–Trinajstić information content (AvgIpc) is 2.02. The lowest BCUT2D eigenvalue weighted by Gasteiger charge is -2.03. The Morgan fingerprint density at radius 3 is 2.33 bits per heavy atom. The van der Waals surface area contributed by atoms with Gasteiger partial charge in [-0.05, 0) is 13.3 Å². The topological polar surface area (TPSA) is 49.7 Å². The van der Waals surface area contributed by atoms with Gasteiger partial charge in [-0.1, -0.05) is 13.8 Å². The van der Waals surface area contributed by atoms with Crippen LogP contribution in [-0.2, 0) is 4.79 Å². The zero-order valence-corrected chi connectivity index (χ0v) is 8.00. The number of Topliss-reactive ketones (excluding diaryl/α,β-unsaturated/α-hetero) is 1. The molecule has 0 aliphatic carbocycles. The van der Waals surface area contributed by atoms with E-state index in [0.717, 1.165) is 12.1 Å². The quantitative estimate of drug-likeness (QED) is 0.638. The van der Waals surface area contributed by atoms with E-state index in [2.05, 4.69) is 4.99 Å². The van der Waals surface area contributed by atoms with E-state index in [4.69, 9.17) is 5.11 Å². The summed E-state index contributed by atoms with van der Waals surface area (Å²) < 4.78 is 0. The molecule has 0 heterocycles. The molecule has 0 amide bonds. The van der Waals surface area contributed by atoms with Crippen molar-refractivity contribution >= 4 is 11.5 Å². The fraction of sp³-hybridized carbons (Fsp3) is 0.778. The molecule has 1 unspecified atom stereocenters. The summed E-state index contributed by atoms with van der Waals surface area (Å²) in [7, 11) is 0. The van der Waals surface area contributed by atoms with Gasteiger partial charge in [-0.15, -0.1) is 0 Å². The highest BCUT2D eigenvalue weighted by atomic mass is 16.3. The van der Waals surface area contributed by atoms with Crippen LogP contribution in [0.3, 0.4) is 0 Å². The number of aliphatic imine (C=N–C) groups is 1. The number of aliphatic hydroxyl groups excluding tert-OH is 1. The molecule has 0 saturated carbocycles. The highest BCUT2D eigenvalue weighted by Gasteiger charge is 2.04. The summed E-state index contributed by atoms with van der Waals surface area (Å²) in [6, 6.07) is 0. The fourth-order valence-corrected chi connectivity index (χ4v) is 0.879. The van der Waals surface area contributed by atoms with Gasteiger partial charge in [0.05, 0.1) is 0 Å². The molecule has 0 spiro atoms. The van der Waals surface area contributed by atoms with E-state index >= 15 is 0 Å². The second kappa shape index (κ2) is 5.89. The van der Waals surface area contributed by atoms with Crippen LogP contribution in [0.1, 0.15) is 40.0 Å². The van der Waals surface area contributed by atoms with E-state index in [9.17, 15) is 4.79 Å². The van der Waals surface area contributed by atoms with E-state index in [0.29, 0.717) is 12.8 Å². The van der Waals surface area contributed by atoms with Crippen molar-refractivity contribution < 1.29 is 9.90 Å². The maximum Gasteiger partial charge on any atom is 0.142 e. The highest BCUT2D eigenvalue weighted by molar-refractivity contribution is 6.01. The van der Waals surface area contributed by atoms with Crippen LogP contribution in [0.2, 0.25) is 0 Å². The first-order valence-electron chi connectivity index (χ1n) is 4.35. The molecule has 0 aliphatic rings. The zero-order chi connectivity index (χ0) is 9.56. The van der Waals surface area contributed by atoms with E-state index < -0.39 is 6.23 Å². The monoisotopic (exact) mass is 171 g/mol. The smallest absolute Gasteiger partial charge is 0.142 e. The van der Waals surface area contributed by atoms with Crippen LogP contribution in [0.25, 0.3) is 0 Å². The minimum atomic E-state index is -0.690. The first-order chi connectivity index (χ1) is 5.60. The second-order valence-electron chi connectivity index (χ2n) is 2.75. The summed E-state index contributed by atoms with van der Waals surface area (Å²) in [6.45, 7) is 5.36. The molecule has 0 radical (unpaired) electrons. The third-order valence-electron chi connectivity index (χ3n) is 1.57. The molecule has 70 valence electrons. The van der Waals surface area contributed by atoms with Crippen molar-refractivity contribution in [2.45, 2.75) is 46.3 Å². The molecule has 3 nitrogen and oxygen atoms in total. The zero-order valence-electron chi connectivity index (χ0n) is 8.00. The number of nitrogens with zero attached hydrogens (tertiary/aromatic N) is 1. The summed E-state index contributed by atoms with van der Waals surface area (Å²) in [6.07, 6.45) is 0.970. The first-order valence-corrected chi connectivity index (χ1v) is 4.35. The summed E-state index contributed by atoms with van der Waals surface area (Å²) in [4.78, 5) is 14.9. The minimum absolute atomic E-state index is 0.177. The summed E-state index contributed by atoms with van der Waals surface area (Å²) in [5, 5.41) is 8.94. The van der Waals surface area contributed by atoms with Crippen LogP contribution in [0, 0.1) is 0 Å². The normalized spacial score (nSPS) is 14.5. The Bertz CT molecular complexity index is 173. The number of hydrogen-bond acceptors (Lipinski definition) is 3. The molecule has 0 rings (SSSR count). The SMILES string of the molecule is CCC(=O)C/C(CC)=N\C(C)O. The predicted octanol–water partition coefficient (Wildman–Crippen LogP) is 1.54. The average molecular weight is 171 g/mol. The Kier molecular flexibility index (Phi) is 5.54. The van der Waals surface area contributed by atoms with Crippen LogP contribution in [0.5, 0.6) is 0 Å². The van der Waals surface area contributed by atoms with Gasteiger partial charge in [-0.3, -0.25) is 9.79 Å². The second-order valence-corrected chi connectivity index (χ2v) is 2.75. The molecular weight excluding hydrogens is 154 g/mol. The van der Waals surface area contributed by atoms with Crippen molar-refractivity contribution in [2.75, 3.05) is 0 Å². The van der Waals surface area contributed by atoms with Gasteiger partial charge in [-0.2, -0.15) is 0 Å². The Labute approximate surface area is 73.5 Å². The van der Waals surface area contributed by atoms with Crippen LogP contribution < -0.4 is 0 Å². The van der Waals surface area contributed by atoms with Gasteiger partial charge in [0.25, 0.3) is 0 Å². The molecule has 0 aliphatic heterocycles. The van der Waals surface area contributed by atoms with Crippen molar-refractivity contribution in [3.63, 3.8) is 0 Å². The third-order valence-corrected chi connectivity index (χ3v) is 1.57. The van der Waals surface area contributed by atoms with E-state index in [1.165, 1.54) is 0 Å². The fourth-order valence-electron chi connectivity index (χ4n) is 0.879. The maximum absolute atomic E-state index is 11.0. The van der Waals surface area contributed by atoms with Crippen LogP contribution in [0.4, 0.5) is 0 Å². The minimum Gasteiger partial charge on any atom is -0.372 e. The molecule has 0 aromatic rings. The van der Waals surface area contributed by atoms with Crippen molar-refractivity contribution in [3.8, 4) is 0 Å². The van der Waals surface area contributed by atoms with Crippen molar-refractivity contribution in [3.05, 3.63) is 0 Å². The molecule has 0 aromatic carbocycles.